The molecule has 1 saturated heterocycles. The average molecular weight is 256 g/mol. The summed E-state index contributed by atoms with van der Waals surface area (Å²) in [5.41, 5.74) is 0.469. The molecule has 0 unspecified atom stereocenters. The van der Waals surface area contributed by atoms with E-state index < -0.39 is 0 Å². The van der Waals surface area contributed by atoms with Crippen LogP contribution in [-0.4, -0.2) is 48.1 Å². The molecule has 0 amide bonds. The van der Waals surface area contributed by atoms with E-state index in [9.17, 15) is 0 Å². The van der Waals surface area contributed by atoms with Gasteiger partial charge in [0.1, 0.15) is 0 Å². The van der Waals surface area contributed by atoms with Gasteiger partial charge in [-0.25, -0.2) is 0 Å². The predicted octanol–water partition coefficient (Wildman–Crippen LogP) is 2.74. The van der Waals surface area contributed by atoms with Crippen LogP contribution in [0.3, 0.4) is 0 Å². The molecule has 0 aromatic heterocycles. The highest BCUT2D eigenvalue weighted by molar-refractivity contribution is 7.99. The Balaban J connectivity index is 1.84. The number of nitrogens with one attached hydrogen (secondary N) is 1. The largest absolute Gasteiger partial charge is 0.311 e. The van der Waals surface area contributed by atoms with Gasteiger partial charge in [0.2, 0.25) is 0 Å². The van der Waals surface area contributed by atoms with E-state index in [0.29, 0.717) is 5.54 Å². The standard InChI is InChI=1S/C14H28N2S/c1-3-16(2)14(8-4-5-9-14)12-15-13-7-6-10-17-11-13/h13,15H,3-12H2,1-2H3/t13-/m1/s1. The normalized spacial score (nSPS) is 28.8. The third-order valence-corrected chi connectivity index (χ3v) is 5.91. The van der Waals surface area contributed by atoms with Gasteiger partial charge >= 0.3 is 0 Å². The van der Waals surface area contributed by atoms with Crippen molar-refractivity contribution >= 4 is 11.8 Å². The molecular formula is C14H28N2S. The van der Waals surface area contributed by atoms with E-state index in [0.717, 1.165) is 6.04 Å². The molecule has 0 aromatic carbocycles. The molecule has 2 fully saturated rings. The Morgan fingerprint density at radius 3 is 2.65 bits per heavy atom. The summed E-state index contributed by atoms with van der Waals surface area (Å²) in [6.07, 6.45) is 8.42. The molecule has 2 aliphatic rings. The zero-order valence-corrected chi connectivity index (χ0v) is 12.3. The molecule has 2 rings (SSSR count). The van der Waals surface area contributed by atoms with Crippen molar-refractivity contribution in [3.8, 4) is 0 Å². The van der Waals surface area contributed by atoms with Crippen molar-refractivity contribution in [2.24, 2.45) is 0 Å². The van der Waals surface area contributed by atoms with Crippen molar-refractivity contribution in [2.45, 2.75) is 57.0 Å². The number of nitrogens with zero attached hydrogens (tertiary/aromatic N) is 1. The highest BCUT2D eigenvalue weighted by atomic mass is 32.2. The second kappa shape index (κ2) is 6.44. The maximum Gasteiger partial charge on any atom is 0.0330 e. The quantitative estimate of drug-likeness (QED) is 0.814. The monoisotopic (exact) mass is 256 g/mol. The van der Waals surface area contributed by atoms with Gasteiger partial charge in [-0.1, -0.05) is 19.8 Å². The molecule has 2 nitrogen and oxygen atoms in total. The fourth-order valence-corrected chi connectivity index (χ4v) is 4.40. The van der Waals surface area contributed by atoms with E-state index in [-0.39, 0.29) is 0 Å². The van der Waals surface area contributed by atoms with Gasteiger partial charge < -0.3 is 5.32 Å². The Hall–Kier alpha value is 0.270. The number of rotatable bonds is 5. The van der Waals surface area contributed by atoms with Crippen LogP contribution in [0, 0.1) is 0 Å². The Bertz CT molecular complexity index is 220. The van der Waals surface area contributed by atoms with Crippen LogP contribution >= 0.6 is 11.8 Å². The van der Waals surface area contributed by atoms with Gasteiger partial charge in [-0.2, -0.15) is 11.8 Å². The molecule has 0 radical (unpaired) electrons. The van der Waals surface area contributed by atoms with Crippen molar-refractivity contribution in [2.75, 3.05) is 31.6 Å². The summed E-state index contributed by atoms with van der Waals surface area (Å²) in [6, 6.07) is 0.775. The molecular weight excluding hydrogens is 228 g/mol. The van der Waals surface area contributed by atoms with Crippen LogP contribution in [-0.2, 0) is 0 Å². The average Bonchev–Trinajstić information content (AvgIpc) is 2.87. The third kappa shape index (κ3) is 3.39. The number of likely N-dealkylation sites (N-methyl/N-ethyl adjacent to an activating group) is 1. The van der Waals surface area contributed by atoms with Crippen molar-refractivity contribution in [1.29, 1.82) is 0 Å². The summed E-state index contributed by atoms with van der Waals surface area (Å²) in [6.45, 7) is 4.68. The molecule has 0 spiro atoms. The molecule has 0 aromatic rings. The third-order valence-electron chi connectivity index (χ3n) is 4.70. The van der Waals surface area contributed by atoms with Gasteiger partial charge in [-0.05, 0) is 45.0 Å². The first kappa shape index (κ1) is 13.7. The smallest absolute Gasteiger partial charge is 0.0330 e. The maximum atomic E-state index is 3.86. The lowest BCUT2D eigenvalue weighted by atomic mass is 9.94. The topological polar surface area (TPSA) is 15.3 Å². The van der Waals surface area contributed by atoms with Crippen LogP contribution in [0.25, 0.3) is 0 Å². The van der Waals surface area contributed by atoms with Crippen molar-refractivity contribution in [3.05, 3.63) is 0 Å². The zero-order chi connectivity index (χ0) is 12.1. The summed E-state index contributed by atoms with van der Waals surface area (Å²) < 4.78 is 0. The first-order valence-electron chi connectivity index (χ1n) is 7.29. The lowest BCUT2D eigenvalue weighted by Crippen LogP contribution is -2.53. The van der Waals surface area contributed by atoms with E-state index in [1.54, 1.807) is 0 Å². The minimum Gasteiger partial charge on any atom is -0.311 e. The maximum absolute atomic E-state index is 3.86. The number of hydrogen-bond acceptors (Lipinski definition) is 3. The van der Waals surface area contributed by atoms with Crippen molar-refractivity contribution < 1.29 is 0 Å². The van der Waals surface area contributed by atoms with Crippen LogP contribution in [0.1, 0.15) is 45.4 Å². The molecule has 1 saturated carbocycles. The van der Waals surface area contributed by atoms with E-state index in [1.165, 1.54) is 63.1 Å². The SMILES string of the molecule is CCN(C)C1(CN[C@@H]2CCCSC2)CCCC1. The molecule has 1 N–H and O–H groups in total. The molecule has 1 heterocycles. The van der Waals surface area contributed by atoms with Crippen molar-refractivity contribution in [1.82, 2.24) is 10.2 Å². The first-order valence-corrected chi connectivity index (χ1v) is 8.45. The van der Waals surface area contributed by atoms with E-state index >= 15 is 0 Å². The summed E-state index contributed by atoms with van der Waals surface area (Å²) in [5, 5.41) is 3.86. The molecule has 1 aliphatic carbocycles. The lowest BCUT2D eigenvalue weighted by Gasteiger charge is -2.40. The zero-order valence-electron chi connectivity index (χ0n) is 11.5. The minimum atomic E-state index is 0.469. The number of thioether (sulfide) groups is 1. The summed E-state index contributed by atoms with van der Waals surface area (Å²) >= 11 is 2.12. The summed E-state index contributed by atoms with van der Waals surface area (Å²) in [5.74, 6) is 2.70. The highest BCUT2D eigenvalue weighted by Crippen LogP contribution is 2.34. The highest BCUT2D eigenvalue weighted by Gasteiger charge is 2.37. The van der Waals surface area contributed by atoms with Gasteiger partial charge in [0.25, 0.3) is 0 Å². The number of hydrogen-bond donors (Lipinski definition) is 1. The van der Waals surface area contributed by atoms with Gasteiger partial charge in [0.05, 0.1) is 0 Å². The first-order chi connectivity index (χ1) is 8.27. The fourth-order valence-electron chi connectivity index (χ4n) is 3.30. The van der Waals surface area contributed by atoms with Crippen LogP contribution in [0.4, 0.5) is 0 Å². The summed E-state index contributed by atoms with van der Waals surface area (Å²) in [7, 11) is 2.31. The van der Waals surface area contributed by atoms with Gasteiger partial charge in [0, 0.05) is 23.9 Å². The summed E-state index contributed by atoms with van der Waals surface area (Å²) in [4.78, 5) is 2.59. The van der Waals surface area contributed by atoms with Crippen LogP contribution in [0.5, 0.6) is 0 Å². The Kier molecular flexibility index (Phi) is 5.19. The lowest BCUT2D eigenvalue weighted by molar-refractivity contribution is 0.124. The second-order valence-corrected chi connectivity index (χ2v) is 6.89. The second-order valence-electron chi connectivity index (χ2n) is 5.74. The van der Waals surface area contributed by atoms with Crippen LogP contribution < -0.4 is 5.32 Å². The van der Waals surface area contributed by atoms with E-state index in [4.69, 9.17) is 0 Å². The minimum absolute atomic E-state index is 0.469. The van der Waals surface area contributed by atoms with Crippen molar-refractivity contribution in [3.63, 3.8) is 0 Å². The fraction of sp³-hybridized carbons (Fsp3) is 1.00. The molecule has 0 bridgehead atoms. The molecule has 100 valence electrons. The molecule has 3 heteroatoms. The predicted molar refractivity (Wildman–Crippen MR) is 77.9 cm³/mol. The molecule has 17 heavy (non-hydrogen) atoms. The van der Waals surface area contributed by atoms with Crippen LogP contribution in [0.2, 0.25) is 0 Å². The van der Waals surface area contributed by atoms with E-state index in [2.05, 4.69) is 35.9 Å². The molecule has 1 atom stereocenters. The van der Waals surface area contributed by atoms with Crippen LogP contribution in [0.15, 0.2) is 0 Å². The Morgan fingerprint density at radius 2 is 2.06 bits per heavy atom. The van der Waals surface area contributed by atoms with Gasteiger partial charge in [-0.15, -0.1) is 0 Å². The Labute approximate surface area is 111 Å². The van der Waals surface area contributed by atoms with Gasteiger partial charge in [0.15, 0.2) is 0 Å². The molecule has 1 aliphatic heterocycles. The van der Waals surface area contributed by atoms with E-state index in [1.807, 2.05) is 0 Å². The Morgan fingerprint density at radius 1 is 1.29 bits per heavy atom. The van der Waals surface area contributed by atoms with Gasteiger partial charge in [-0.3, -0.25) is 4.90 Å².